The largest absolute Gasteiger partial charge is 0.497 e. The standard InChI is InChI=1S/C20H21NO4/c1-12(2)13-7-8-17-14(9-13)10-18(25-20(17)23)19(22)21-15-5-4-6-16(11-15)24-3/h4-9,11-12,18H,10H2,1-3H3,(H,21,22). The minimum Gasteiger partial charge on any atom is -0.497 e. The normalized spacial score (nSPS) is 16.2. The molecular weight excluding hydrogens is 318 g/mol. The molecule has 1 heterocycles. The Morgan fingerprint density at radius 3 is 2.76 bits per heavy atom. The average molecular weight is 339 g/mol. The van der Waals surface area contributed by atoms with Crippen molar-refractivity contribution in [2.24, 2.45) is 0 Å². The zero-order chi connectivity index (χ0) is 18.0. The van der Waals surface area contributed by atoms with Crippen molar-refractivity contribution < 1.29 is 19.1 Å². The fourth-order valence-electron chi connectivity index (χ4n) is 2.84. The van der Waals surface area contributed by atoms with Gasteiger partial charge in [0.05, 0.1) is 12.7 Å². The Bertz CT molecular complexity index is 813. The van der Waals surface area contributed by atoms with Crippen molar-refractivity contribution in [3.63, 3.8) is 0 Å². The van der Waals surface area contributed by atoms with E-state index < -0.39 is 12.1 Å². The molecule has 0 saturated heterocycles. The third kappa shape index (κ3) is 3.65. The van der Waals surface area contributed by atoms with Gasteiger partial charge >= 0.3 is 5.97 Å². The van der Waals surface area contributed by atoms with Gasteiger partial charge in [0.1, 0.15) is 5.75 Å². The van der Waals surface area contributed by atoms with Crippen molar-refractivity contribution in [1.82, 2.24) is 0 Å². The summed E-state index contributed by atoms with van der Waals surface area (Å²) in [6, 6.07) is 12.8. The predicted octanol–water partition coefficient (Wildman–Crippen LogP) is 3.54. The molecule has 0 aliphatic carbocycles. The van der Waals surface area contributed by atoms with Crippen LogP contribution in [0.1, 0.15) is 41.3 Å². The quantitative estimate of drug-likeness (QED) is 0.866. The lowest BCUT2D eigenvalue weighted by molar-refractivity contribution is -0.125. The first kappa shape index (κ1) is 17.0. The number of fused-ring (bicyclic) bond motifs is 1. The summed E-state index contributed by atoms with van der Waals surface area (Å²) in [7, 11) is 1.56. The van der Waals surface area contributed by atoms with Gasteiger partial charge in [0, 0.05) is 18.2 Å². The fourth-order valence-corrected chi connectivity index (χ4v) is 2.84. The molecule has 1 amide bonds. The van der Waals surface area contributed by atoms with E-state index in [0.717, 1.165) is 11.1 Å². The van der Waals surface area contributed by atoms with Gasteiger partial charge in [0.15, 0.2) is 6.10 Å². The first-order valence-electron chi connectivity index (χ1n) is 8.26. The zero-order valence-corrected chi connectivity index (χ0v) is 14.5. The van der Waals surface area contributed by atoms with Crippen LogP contribution in [0.15, 0.2) is 42.5 Å². The van der Waals surface area contributed by atoms with Gasteiger partial charge in [-0.2, -0.15) is 0 Å². The Balaban J connectivity index is 1.78. The molecule has 5 heteroatoms. The van der Waals surface area contributed by atoms with Crippen molar-refractivity contribution in [3.05, 3.63) is 59.2 Å². The van der Waals surface area contributed by atoms with E-state index in [4.69, 9.17) is 9.47 Å². The van der Waals surface area contributed by atoms with E-state index in [1.165, 1.54) is 0 Å². The second-order valence-corrected chi connectivity index (χ2v) is 6.39. The van der Waals surface area contributed by atoms with E-state index in [-0.39, 0.29) is 5.91 Å². The molecule has 0 spiro atoms. The topological polar surface area (TPSA) is 64.6 Å². The summed E-state index contributed by atoms with van der Waals surface area (Å²) in [6.45, 7) is 4.19. The molecule has 130 valence electrons. The number of nitrogens with one attached hydrogen (secondary N) is 1. The van der Waals surface area contributed by atoms with Crippen LogP contribution in [0.4, 0.5) is 5.69 Å². The van der Waals surface area contributed by atoms with Crippen molar-refractivity contribution in [3.8, 4) is 5.75 Å². The number of hydrogen-bond donors (Lipinski definition) is 1. The Hall–Kier alpha value is -2.82. The summed E-state index contributed by atoms with van der Waals surface area (Å²) in [5, 5.41) is 2.78. The highest BCUT2D eigenvalue weighted by Crippen LogP contribution is 2.26. The van der Waals surface area contributed by atoms with Crippen LogP contribution in [-0.4, -0.2) is 25.1 Å². The van der Waals surface area contributed by atoms with Crippen LogP contribution in [0, 0.1) is 0 Å². The van der Waals surface area contributed by atoms with Crippen molar-refractivity contribution in [1.29, 1.82) is 0 Å². The van der Waals surface area contributed by atoms with E-state index in [0.29, 0.717) is 29.3 Å². The smallest absolute Gasteiger partial charge is 0.339 e. The van der Waals surface area contributed by atoms with Gasteiger partial charge in [0.25, 0.3) is 5.91 Å². The molecule has 5 nitrogen and oxygen atoms in total. The number of hydrogen-bond acceptors (Lipinski definition) is 4. The minimum absolute atomic E-state index is 0.345. The lowest BCUT2D eigenvalue weighted by Crippen LogP contribution is -2.38. The third-order valence-electron chi connectivity index (χ3n) is 4.30. The number of carbonyl (C=O) groups is 2. The highest BCUT2D eigenvalue weighted by molar-refractivity contribution is 6.00. The molecule has 0 bridgehead atoms. The molecule has 3 rings (SSSR count). The number of rotatable bonds is 4. The Labute approximate surface area is 147 Å². The molecule has 1 aliphatic heterocycles. The minimum atomic E-state index is -0.839. The van der Waals surface area contributed by atoms with Gasteiger partial charge in [-0.3, -0.25) is 4.79 Å². The highest BCUT2D eigenvalue weighted by atomic mass is 16.5. The van der Waals surface area contributed by atoms with Crippen molar-refractivity contribution in [2.75, 3.05) is 12.4 Å². The van der Waals surface area contributed by atoms with E-state index in [2.05, 4.69) is 19.2 Å². The highest BCUT2D eigenvalue weighted by Gasteiger charge is 2.31. The molecule has 0 aromatic heterocycles. The fraction of sp³-hybridized carbons (Fsp3) is 0.300. The lowest BCUT2D eigenvalue weighted by atomic mass is 9.92. The molecule has 0 fully saturated rings. The first-order valence-corrected chi connectivity index (χ1v) is 8.26. The van der Waals surface area contributed by atoms with Crippen LogP contribution >= 0.6 is 0 Å². The van der Waals surface area contributed by atoms with Crippen LogP contribution in [0.2, 0.25) is 0 Å². The third-order valence-corrected chi connectivity index (χ3v) is 4.30. The number of ether oxygens (including phenoxy) is 2. The maximum absolute atomic E-state index is 12.5. The number of benzene rings is 2. The van der Waals surface area contributed by atoms with Crippen LogP contribution < -0.4 is 10.1 Å². The SMILES string of the molecule is COc1cccc(NC(=O)C2Cc3cc(C(C)C)ccc3C(=O)O2)c1. The maximum atomic E-state index is 12.5. The van der Waals surface area contributed by atoms with Gasteiger partial charge in [-0.15, -0.1) is 0 Å². The molecule has 1 unspecified atom stereocenters. The van der Waals surface area contributed by atoms with Crippen LogP contribution in [0.5, 0.6) is 5.75 Å². The van der Waals surface area contributed by atoms with Crippen molar-refractivity contribution >= 4 is 17.6 Å². The van der Waals surface area contributed by atoms with Crippen LogP contribution in [0.25, 0.3) is 0 Å². The predicted molar refractivity (Wildman–Crippen MR) is 95.1 cm³/mol. The Morgan fingerprint density at radius 1 is 1.24 bits per heavy atom. The molecular formula is C20H21NO4. The van der Waals surface area contributed by atoms with Gasteiger partial charge < -0.3 is 14.8 Å². The monoisotopic (exact) mass is 339 g/mol. The summed E-state index contributed by atoms with van der Waals surface area (Å²) in [5.74, 6) is 0.196. The van der Waals surface area contributed by atoms with E-state index >= 15 is 0 Å². The molecule has 1 aliphatic rings. The summed E-state index contributed by atoms with van der Waals surface area (Å²) in [6.07, 6.45) is -0.467. The molecule has 25 heavy (non-hydrogen) atoms. The average Bonchev–Trinajstić information content (AvgIpc) is 2.61. The van der Waals surface area contributed by atoms with Crippen molar-refractivity contribution in [2.45, 2.75) is 32.3 Å². The number of carbonyl (C=O) groups excluding carboxylic acids is 2. The number of amides is 1. The van der Waals surface area contributed by atoms with Gasteiger partial charge in [-0.1, -0.05) is 32.0 Å². The van der Waals surface area contributed by atoms with E-state index in [1.807, 2.05) is 12.1 Å². The maximum Gasteiger partial charge on any atom is 0.339 e. The summed E-state index contributed by atoms with van der Waals surface area (Å²) in [5.41, 5.74) is 3.13. The Morgan fingerprint density at radius 2 is 2.04 bits per heavy atom. The zero-order valence-electron chi connectivity index (χ0n) is 14.5. The Kier molecular flexibility index (Phi) is 4.74. The van der Waals surface area contributed by atoms with E-state index in [9.17, 15) is 9.59 Å². The lowest BCUT2D eigenvalue weighted by Gasteiger charge is -2.25. The number of anilines is 1. The second-order valence-electron chi connectivity index (χ2n) is 6.39. The summed E-state index contributed by atoms with van der Waals surface area (Å²) < 4.78 is 10.5. The number of esters is 1. The van der Waals surface area contributed by atoms with Crippen LogP contribution in [-0.2, 0) is 16.0 Å². The van der Waals surface area contributed by atoms with Gasteiger partial charge in [0.2, 0.25) is 0 Å². The summed E-state index contributed by atoms with van der Waals surface area (Å²) >= 11 is 0. The number of methoxy groups -OCH3 is 1. The molecule has 1 atom stereocenters. The summed E-state index contributed by atoms with van der Waals surface area (Å²) in [4.78, 5) is 24.7. The van der Waals surface area contributed by atoms with E-state index in [1.54, 1.807) is 37.4 Å². The number of cyclic esters (lactones) is 1. The first-order chi connectivity index (χ1) is 12.0. The molecule has 2 aromatic carbocycles. The molecule has 1 N–H and O–H groups in total. The molecule has 0 saturated carbocycles. The van der Waals surface area contributed by atoms with Crippen LogP contribution in [0.3, 0.4) is 0 Å². The van der Waals surface area contributed by atoms with Gasteiger partial charge in [-0.05, 0) is 35.2 Å². The molecule has 0 radical (unpaired) electrons. The molecule has 2 aromatic rings. The van der Waals surface area contributed by atoms with Gasteiger partial charge in [-0.25, -0.2) is 4.79 Å². The second kappa shape index (κ2) is 6.97.